The number of hydrogen-bond acceptors (Lipinski definition) is 6. The van der Waals surface area contributed by atoms with Crippen molar-refractivity contribution in [2.75, 3.05) is 12.3 Å². The first-order valence-corrected chi connectivity index (χ1v) is 10.2. The fourth-order valence-corrected chi connectivity index (χ4v) is 4.60. The molecule has 0 spiro atoms. The van der Waals surface area contributed by atoms with Gasteiger partial charge in [0.2, 0.25) is 6.41 Å². The Labute approximate surface area is 152 Å². The SMILES string of the molecule is CCC(C)SS/C(CCO)=C(/C)N(C=O)Cc1ccc(C)nc1N. The molecule has 0 radical (unpaired) electrons. The lowest BCUT2D eigenvalue weighted by Crippen LogP contribution is -2.21. The van der Waals surface area contributed by atoms with E-state index in [2.05, 4.69) is 18.8 Å². The molecule has 7 heteroatoms. The standard InChI is InChI=1S/C17H27N3O2S2/c1-5-13(3)23-24-16(8-9-21)14(4)20(11-22)10-15-7-6-12(2)19-17(15)18/h6-7,11,13,21H,5,8-10H2,1-4H3,(H2,18,19)/b16-14-. The zero-order valence-corrected chi connectivity index (χ0v) is 16.4. The Morgan fingerprint density at radius 3 is 2.75 bits per heavy atom. The number of aromatic nitrogens is 1. The highest BCUT2D eigenvalue weighted by Gasteiger charge is 2.14. The van der Waals surface area contributed by atoms with Crippen molar-refractivity contribution in [3.63, 3.8) is 0 Å². The maximum absolute atomic E-state index is 11.6. The Morgan fingerprint density at radius 1 is 1.50 bits per heavy atom. The number of amides is 1. The molecular formula is C17H27N3O2S2. The topological polar surface area (TPSA) is 79.5 Å². The number of nitrogens with two attached hydrogens (primary N) is 1. The molecule has 0 aromatic carbocycles. The number of anilines is 1. The second kappa shape index (κ2) is 10.6. The molecule has 24 heavy (non-hydrogen) atoms. The van der Waals surface area contributed by atoms with Gasteiger partial charge in [-0.15, -0.1) is 0 Å². The molecule has 1 amide bonds. The quantitative estimate of drug-likeness (QED) is 0.483. The number of aliphatic hydroxyl groups excluding tert-OH is 1. The van der Waals surface area contributed by atoms with Gasteiger partial charge in [-0.25, -0.2) is 4.98 Å². The molecule has 3 N–H and O–H groups in total. The molecule has 1 aromatic heterocycles. The summed E-state index contributed by atoms with van der Waals surface area (Å²) >= 11 is 0. The number of rotatable bonds is 10. The van der Waals surface area contributed by atoms with Crippen LogP contribution in [0.25, 0.3) is 0 Å². The minimum Gasteiger partial charge on any atom is -0.396 e. The van der Waals surface area contributed by atoms with Gasteiger partial charge >= 0.3 is 0 Å². The molecule has 0 aliphatic heterocycles. The Kier molecular flexibility index (Phi) is 9.25. The van der Waals surface area contributed by atoms with Gasteiger partial charge < -0.3 is 15.7 Å². The second-order valence-electron chi connectivity index (χ2n) is 5.61. The molecule has 1 aromatic rings. The van der Waals surface area contributed by atoms with Crippen LogP contribution in [0, 0.1) is 6.92 Å². The molecule has 1 unspecified atom stereocenters. The molecular weight excluding hydrogens is 342 g/mol. The number of nitrogens with zero attached hydrogens (tertiary/aromatic N) is 2. The molecule has 0 bridgehead atoms. The van der Waals surface area contributed by atoms with E-state index < -0.39 is 0 Å². The summed E-state index contributed by atoms with van der Waals surface area (Å²) < 4.78 is 0. The van der Waals surface area contributed by atoms with Crippen LogP contribution < -0.4 is 5.73 Å². The van der Waals surface area contributed by atoms with E-state index in [9.17, 15) is 9.90 Å². The molecule has 0 fully saturated rings. The Hall–Kier alpha value is -1.18. The van der Waals surface area contributed by atoms with Crippen LogP contribution in [-0.2, 0) is 11.3 Å². The molecule has 1 rings (SSSR count). The molecule has 0 saturated carbocycles. The van der Waals surface area contributed by atoms with Crippen molar-refractivity contribution in [3.8, 4) is 0 Å². The lowest BCUT2D eigenvalue weighted by molar-refractivity contribution is -0.116. The fourth-order valence-electron chi connectivity index (χ4n) is 1.91. The smallest absolute Gasteiger partial charge is 0.214 e. The summed E-state index contributed by atoms with van der Waals surface area (Å²) in [6, 6.07) is 3.78. The number of nitrogen functional groups attached to an aromatic ring is 1. The summed E-state index contributed by atoms with van der Waals surface area (Å²) in [5.41, 5.74) is 8.47. The summed E-state index contributed by atoms with van der Waals surface area (Å²) in [6.07, 6.45) is 2.42. The summed E-state index contributed by atoms with van der Waals surface area (Å²) in [6.45, 7) is 8.52. The van der Waals surface area contributed by atoms with Gasteiger partial charge in [0.25, 0.3) is 0 Å². The van der Waals surface area contributed by atoms with E-state index in [0.29, 0.717) is 24.0 Å². The van der Waals surface area contributed by atoms with Gasteiger partial charge in [-0.2, -0.15) is 0 Å². The molecule has 1 atom stereocenters. The fraction of sp³-hybridized carbons (Fsp3) is 0.529. The van der Waals surface area contributed by atoms with Gasteiger partial charge in [-0.05, 0) is 26.3 Å². The normalized spacial score (nSPS) is 13.4. The summed E-state index contributed by atoms with van der Waals surface area (Å²) in [4.78, 5) is 18.5. The highest BCUT2D eigenvalue weighted by atomic mass is 33.1. The number of pyridine rings is 1. The predicted octanol–water partition coefficient (Wildman–Crippen LogP) is 3.72. The van der Waals surface area contributed by atoms with Crippen LogP contribution in [0.1, 0.15) is 44.9 Å². The van der Waals surface area contributed by atoms with Gasteiger partial charge in [-0.3, -0.25) is 4.79 Å². The number of aryl methyl sites for hydroxylation is 1. The van der Waals surface area contributed by atoms with E-state index in [0.717, 1.165) is 34.7 Å². The van der Waals surface area contributed by atoms with E-state index >= 15 is 0 Å². The number of carbonyl (C=O) groups is 1. The Bertz CT molecular complexity index is 579. The Morgan fingerprint density at radius 2 is 2.21 bits per heavy atom. The van der Waals surface area contributed by atoms with Crippen molar-refractivity contribution in [2.24, 2.45) is 0 Å². The van der Waals surface area contributed by atoms with Crippen molar-refractivity contribution >= 4 is 33.8 Å². The van der Waals surface area contributed by atoms with Gasteiger partial charge in [0.05, 0.1) is 6.54 Å². The van der Waals surface area contributed by atoms with E-state index in [4.69, 9.17) is 5.73 Å². The highest BCUT2D eigenvalue weighted by molar-refractivity contribution is 8.78. The van der Waals surface area contributed by atoms with Gasteiger partial charge in [0, 0.05) is 40.1 Å². The zero-order chi connectivity index (χ0) is 18.1. The van der Waals surface area contributed by atoms with Crippen LogP contribution in [0.3, 0.4) is 0 Å². The maximum atomic E-state index is 11.6. The largest absolute Gasteiger partial charge is 0.396 e. The summed E-state index contributed by atoms with van der Waals surface area (Å²) in [5.74, 6) is 0.444. The minimum atomic E-state index is 0.0572. The molecule has 0 aliphatic rings. The van der Waals surface area contributed by atoms with Crippen molar-refractivity contribution in [2.45, 2.75) is 52.3 Å². The van der Waals surface area contributed by atoms with Crippen LogP contribution >= 0.6 is 21.6 Å². The Balaban J connectivity index is 2.97. The second-order valence-corrected chi connectivity index (χ2v) is 8.34. The van der Waals surface area contributed by atoms with Crippen LogP contribution in [0.5, 0.6) is 0 Å². The van der Waals surface area contributed by atoms with Crippen LogP contribution in [-0.4, -0.2) is 33.3 Å². The third-order valence-corrected chi connectivity index (χ3v) is 7.02. The third kappa shape index (κ3) is 6.37. The van der Waals surface area contributed by atoms with E-state index in [1.54, 1.807) is 26.5 Å². The lowest BCUT2D eigenvalue weighted by Gasteiger charge is -2.22. The zero-order valence-electron chi connectivity index (χ0n) is 14.8. The summed E-state index contributed by atoms with van der Waals surface area (Å²) in [5, 5.41) is 9.85. The van der Waals surface area contributed by atoms with Gasteiger partial charge in [0.15, 0.2) is 0 Å². The lowest BCUT2D eigenvalue weighted by atomic mass is 10.2. The minimum absolute atomic E-state index is 0.0572. The molecule has 134 valence electrons. The van der Waals surface area contributed by atoms with Gasteiger partial charge in [0.1, 0.15) is 5.82 Å². The van der Waals surface area contributed by atoms with Crippen molar-refractivity contribution in [1.29, 1.82) is 0 Å². The van der Waals surface area contributed by atoms with Crippen molar-refractivity contribution in [1.82, 2.24) is 9.88 Å². The molecule has 1 heterocycles. The predicted molar refractivity (Wildman–Crippen MR) is 104 cm³/mol. The first-order chi connectivity index (χ1) is 11.4. The first-order valence-electron chi connectivity index (χ1n) is 8.00. The number of carbonyl (C=O) groups excluding carboxylic acids is 1. The first kappa shape index (κ1) is 20.9. The van der Waals surface area contributed by atoms with Gasteiger partial charge in [-0.1, -0.05) is 41.5 Å². The van der Waals surface area contributed by atoms with Crippen LogP contribution in [0.2, 0.25) is 0 Å². The average molecular weight is 370 g/mol. The number of hydrogen-bond donors (Lipinski definition) is 2. The highest BCUT2D eigenvalue weighted by Crippen LogP contribution is 2.38. The summed E-state index contributed by atoms with van der Waals surface area (Å²) in [7, 11) is 3.40. The molecule has 0 aliphatic carbocycles. The molecule has 5 nitrogen and oxygen atoms in total. The van der Waals surface area contributed by atoms with Crippen molar-refractivity contribution in [3.05, 3.63) is 34.0 Å². The van der Waals surface area contributed by atoms with E-state index in [1.165, 1.54) is 0 Å². The van der Waals surface area contributed by atoms with E-state index in [-0.39, 0.29) is 6.61 Å². The van der Waals surface area contributed by atoms with Crippen molar-refractivity contribution < 1.29 is 9.90 Å². The van der Waals surface area contributed by atoms with E-state index in [1.807, 2.05) is 26.0 Å². The number of aliphatic hydroxyl groups is 1. The number of allylic oxidation sites excluding steroid dienone is 1. The molecule has 0 saturated heterocycles. The monoisotopic (exact) mass is 369 g/mol. The average Bonchev–Trinajstić information content (AvgIpc) is 2.57. The van der Waals surface area contributed by atoms with Crippen LogP contribution in [0.15, 0.2) is 22.7 Å². The third-order valence-electron chi connectivity index (χ3n) is 3.68. The maximum Gasteiger partial charge on any atom is 0.214 e. The van der Waals surface area contributed by atoms with Crippen LogP contribution in [0.4, 0.5) is 5.82 Å².